The van der Waals surface area contributed by atoms with E-state index in [1.165, 1.54) is 13.1 Å². The first-order chi connectivity index (χ1) is 10.8. The second-order valence-electron chi connectivity index (χ2n) is 12.8. The van der Waals surface area contributed by atoms with E-state index in [1.54, 1.807) is 0 Å². The van der Waals surface area contributed by atoms with Gasteiger partial charge in [-0.3, -0.25) is 0 Å². The molecule has 0 atom stereocenters. The molecule has 0 radical (unpaired) electrons. The monoisotopic (exact) mass is 353 g/mol. The first-order valence-corrected chi connectivity index (χ1v) is 10.1. The Morgan fingerprint density at radius 3 is 0.880 bits per heavy atom. The molecule has 0 amide bonds. The van der Waals surface area contributed by atoms with Crippen molar-refractivity contribution in [1.29, 1.82) is 0 Å². The van der Waals surface area contributed by atoms with Gasteiger partial charge in [-0.15, -0.1) is 0 Å². The van der Waals surface area contributed by atoms with Crippen LogP contribution >= 0.6 is 0 Å². The van der Waals surface area contributed by atoms with E-state index in [9.17, 15) is 0 Å². The maximum absolute atomic E-state index is 5.39. The van der Waals surface area contributed by atoms with Crippen molar-refractivity contribution in [2.24, 2.45) is 32.5 Å². The summed E-state index contributed by atoms with van der Waals surface area (Å²) >= 11 is 0. The summed E-state index contributed by atoms with van der Waals surface area (Å²) in [5.74, 6) is 0. The number of rotatable bonds is 0. The highest BCUT2D eigenvalue weighted by molar-refractivity contribution is 5.07. The molecule has 2 saturated heterocycles. The number of hydrogen-bond acceptors (Lipinski definition) is 2. The summed E-state index contributed by atoms with van der Waals surface area (Å²) in [5.41, 5.74) is 2.40. The summed E-state index contributed by atoms with van der Waals surface area (Å²) in [4.78, 5) is 2.43. The lowest BCUT2D eigenvalue weighted by Crippen LogP contribution is -2.66. The van der Waals surface area contributed by atoms with Crippen LogP contribution in [0, 0.1) is 32.5 Å². The minimum absolute atomic E-state index is 0.351. The fraction of sp³-hybridized carbons (Fsp3) is 1.00. The van der Waals surface area contributed by atoms with Gasteiger partial charge in [-0.25, -0.2) is 0 Å². The fourth-order valence-electron chi connectivity index (χ4n) is 5.25. The second-order valence-corrected chi connectivity index (χ2v) is 12.8. The normalized spacial score (nSPS) is 23.9. The van der Waals surface area contributed by atoms with E-state index in [0.717, 1.165) is 13.2 Å². The molecule has 0 aliphatic carbocycles. The van der Waals surface area contributed by atoms with Crippen molar-refractivity contribution in [3.8, 4) is 0 Å². The zero-order chi connectivity index (χ0) is 20.1. The van der Waals surface area contributed by atoms with Gasteiger partial charge < -0.3 is 9.64 Å². The highest BCUT2D eigenvalue weighted by Gasteiger charge is 2.57. The Morgan fingerprint density at radius 2 is 0.840 bits per heavy atom. The van der Waals surface area contributed by atoms with Gasteiger partial charge >= 0.3 is 0 Å². The lowest BCUT2D eigenvalue weighted by Gasteiger charge is -2.63. The molecule has 0 aromatic rings. The molecule has 0 aromatic heterocycles. The second kappa shape index (κ2) is 6.51. The summed E-state index contributed by atoms with van der Waals surface area (Å²) in [6.45, 7) is 32.6. The van der Waals surface area contributed by atoms with Gasteiger partial charge in [-0.1, -0.05) is 83.1 Å². The van der Waals surface area contributed by atoms with Crippen LogP contribution in [0.4, 0.5) is 0 Å². The van der Waals surface area contributed by atoms with Gasteiger partial charge in [0.1, 0.15) is 0 Å². The molecule has 2 aliphatic heterocycles. The molecule has 0 aromatic carbocycles. The van der Waals surface area contributed by atoms with Gasteiger partial charge in [0.2, 0.25) is 0 Å². The van der Waals surface area contributed by atoms with Gasteiger partial charge in [0.05, 0.1) is 13.2 Å². The molecule has 25 heavy (non-hydrogen) atoms. The Kier molecular flexibility index (Phi) is 5.98. The quantitative estimate of drug-likeness (QED) is 0.521. The van der Waals surface area contributed by atoms with E-state index in [1.807, 2.05) is 0 Å². The van der Waals surface area contributed by atoms with Gasteiger partial charge in [-0.2, -0.15) is 0 Å². The largest absolute Gasteiger partial charge is 0.380 e. The van der Waals surface area contributed by atoms with E-state index < -0.39 is 0 Å². The zero-order valence-electron chi connectivity index (χ0n) is 19.7. The standard InChI is InChI=1S/C12H25N.C11H22O/c1-10(2,3)12(11(4,5)6)8-13(7)9-12;1-9(2,3)11(7-12-8-11)10(4,5)6/h8-9H2,1-7H3;7-8H2,1-6H3. The van der Waals surface area contributed by atoms with Gasteiger partial charge in [0.15, 0.2) is 0 Å². The molecule has 0 saturated carbocycles. The summed E-state index contributed by atoms with van der Waals surface area (Å²) in [6.07, 6.45) is 0. The zero-order valence-corrected chi connectivity index (χ0v) is 19.7. The molecule has 150 valence electrons. The topological polar surface area (TPSA) is 12.5 Å². The number of nitrogens with zero attached hydrogens (tertiary/aromatic N) is 1. The average molecular weight is 354 g/mol. The van der Waals surface area contributed by atoms with Crippen LogP contribution in [-0.4, -0.2) is 38.3 Å². The molecule has 0 N–H and O–H groups in total. The smallest absolute Gasteiger partial charge is 0.0554 e. The summed E-state index contributed by atoms with van der Waals surface area (Å²) in [7, 11) is 2.22. The molecule has 0 spiro atoms. The highest BCUT2D eigenvalue weighted by Crippen LogP contribution is 2.57. The van der Waals surface area contributed by atoms with Crippen LogP contribution in [0.15, 0.2) is 0 Å². The Balaban J connectivity index is 0.000000251. The molecule has 2 fully saturated rings. The Bertz CT molecular complexity index is 408. The minimum atomic E-state index is 0.351. The third-order valence-corrected chi connectivity index (χ3v) is 7.52. The number of hydrogen-bond donors (Lipinski definition) is 0. The first kappa shape index (κ1) is 23.0. The van der Waals surface area contributed by atoms with Crippen LogP contribution < -0.4 is 0 Å². The maximum Gasteiger partial charge on any atom is 0.0554 e. The van der Waals surface area contributed by atoms with E-state index in [-0.39, 0.29) is 0 Å². The summed E-state index contributed by atoms with van der Waals surface area (Å²) < 4.78 is 5.39. The van der Waals surface area contributed by atoms with Crippen LogP contribution in [0.3, 0.4) is 0 Å². The van der Waals surface area contributed by atoms with Crippen molar-refractivity contribution in [3.05, 3.63) is 0 Å². The van der Waals surface area contributed by atoms with E-state index in [2.05, 4.69) is 95.0 Å². The molecular weight excluding hydrogens is 306 g/mol. The highest BCUT2D eigenvalue weighted by atomic mass is 16.5. The lowest BCUT2D eigenvalue weighted by molar-refractivity contribution is -0.224. The van der Waals surface area contributed by atoms with E-state index in [0.29, 0.717) is 32.5 Å². The van der Waals surface area contributed by atoms with E-state index in [4.69, 9.17) is 4.74 Å². The number of ether oxygens (including phenoxy) is 1. The van der Waals surface area contributed by atoms with Crippen molar-refractivity contribution < 1.29 is 4.74 Å². The van der Waals surface area contributed by atoms with Crippen molar-refractivity contribution in [2.45, 2.75) is 83.1 Å². The first-order valence-electron chi connectivity index (χ1n) is 10.1. The van der Waals surface area contributed by atoms with Gasteiger partial charge in [-0.05, 0) is 28.7 Å². The summed E-state index contributed by atoms with van der Waals surface area (Å²) in [6, 6.07) is 0. The summed E-state index contributed by atoms with van der Waals surface area (Å²) in [5, 5.41) is 0. The molecule has 0 unspecified atom stereocenters. The fourth-order valence-corrected chi connectivity index (χ4v) is 5.25. The van der Waals surface area contributed by atoms with Crippen LogP contribution in [-0.2, 0) is 4.74 Å². The molecule has 2 rings (SSSR count). The molecular formula is C23H47NO. The number of likely N-dealkylation sites (tertiary alicyclic amines) is 1. The van der Waals surface area contributed by atoms with Crippen molar-refractivity contribution >= 4 is 0 Å². The van der Waals surface area contributed by atoms with Crippen molar-refractivity contribution in [1.82, 2.24) is 4.90 Å². The van der Waals surface area contributed by atoms with Crippen LogP contribution in [0.1, 0.15) is 83.1 Å². The van der Waals surface area contributed by atoms with E-state index >= 15 is 0 Å². The molecule has 2 heterocycles. The molecule has 2 nitrogen and oxygen atoms in total. The SMILES string of the molecule is CC(C)(C)C1(C(C)(C)C)COC1.CN1CC(C(C)(C)C)(C(C)(C)C)C1. The van der Waals surface area contributed by atoms with Crippen LogP contribution in [0.2, 0.25) is 0 Å². The third kappa shape index (κ3) is 3.95. The van der Waals surface area contributed by atoms with Crippen LogP contribution in [0.5, 0.6) is 0 Å². The van der Waals surface area contributed by atoms with Crippen molar-refractivity contribution in [2.75, 3.05) is 33.4 Å². The third-order valence-electron chi connectivity index (χ3n) is 7.52. The predicted octanol–water partition coefficient (Wildman–Crippen LogP) is 6.11. The van der Waals surface area contributed by atoms with Crippen LogP contribution in [0.25, 0.3) is 0 Å². The minimum Gasteiger partial charge on any atom is -0.380 e. The van der Waals surface area contributed by atoms with Crippen molar-refractivity contribution in [3.63, 3.8) is 0 Å². The molecule has 0 bridgehead atoms. The maximum atomic E-state index is 5.39. The lowest BCUT2D eigenvalue weighted by atomic mass is 9.50. The Hall–Kier alpha value is -0.0800. The molecule has 2 aliphatic rings. The van der Waals surface area contributed by atoms with Gasteiger partial charge in [0.25, 0.3) is 0 Å². The predicted molar refractivity (Wildman–Crippen MR) is 111 cm³/mol. The molecule has 2 heteroatoms. The Morgan fingerprint density at radius 1 is 0.560 bits per heavy atom. The Labute approximate surface area is 159 Å². The van der Waals surface area contributed by atoms with Gasteiger partial charge in [0, 0.05) is 23.9 Å². The average Bonchev–Trinajstić information content (AvgIpc) is 2.14.